The summed E-state index contributed by atoms with van der Waals surface area (Å²) in [5, 5.41) is 17.3. The molecular formula is C10H10N6OS. The van der Waals surface area contributed by atoms with Gasteiger partial charge < -0.3 is 4.42 Å². The van der Waals surface area contributed by atoms with Gasteiger partial charge >= 0.3 is 0 Å². The Bertz CT molecular complexity index is 668. The second-order valence-electron chi connectivity index (χ2n) is 3.36. The van der Waals surface area contributed by atoms with Crippen LogP contribution in [0.4, 0.5) is 0 Å². The van der Waals surface area contributed by atoms with Crippen molar-refractivity contribution in [2.75, 3.05) is 5.75 Å². The summed E-state index contributed by atoms with van der Waals surface area (Å²) in [7, 11) is 0. The average Bonchev–Trinajstić information content (AvgIpc) is 3.05. The maximum Gasteiger partial charge on any atom is 0.275 e. The second kappa shape index (κ2) is 4.65. The monoisotopic (exact) mass is 262 g/mol. The molecular weight excluding hydrogens is 252 g/mol. The van der Waals surface area contributed by atoms with Gasteiger partial charge in [0.05, 0.1) is 12.5 Å². The highest BCUT2D eigenvalue weighted by molar-refractivity contribution is 7.99. The summed E-state index contributed by atoms with van der Waals surface area (Å²) in [6.07, 6.45) is 4.78. The second-order valence-corrected chi connectivity index (χ2v) is 4.59. The molecule has 0 aliphatic rings. The van der Waals surface area contributed by atoms with Gasteiger partial charge in [0, 0.05) is 0 Å². The van der Waals surface area contributed by atoms with E-state index >= 15 is 0 Å². The van der Waals surface area contributed by atoms with Crippen LogP contribution in [0.15, 0.2) is 39.4 Å². The van der Waals surface area contributed by atoms with Gasteiger partial charge in [-0.1, -0.05) is 18.7 Å². The fourth-order valence-corrected chi connectivity index (χ4v) is 2.05. The normalized spacial score (nSPS) is 11.8. The van der Waals surface area contributed by atoms with Gasteiger partial charge in [-0.3, -0.25) is 0 Å². The van der Waals surface area contributed by atoms with E-state index in [1.807, 2.05) is 6.07 Å². The quantitative estimate of drug-likeness (QED) is 0.526. The summed E-state index contributed by atoms with van der Waals surface area (Å²) >= 11 is 1.58. The van der Waals surface area contributed by atoms with E-state index in [1.54, 1.807) is 45.8 Å². The Hall–Kier alpha value is -2.09. The van der Waals surface area contributed by atoms with E-state index in [-0.39, 0.29) is 0 Å². The van der Waals surface area contributed by atoms with Gasteiger partial charge in [-0.15, -0.1) is 10.2 Å². The number of nitrogens with zero attached hydrogens (tertiary/aromatic N) is 6. The summed E-state index contributed by atoms with van der Waals surface area (Å²) in [5.41, 5.74) is 0. The topological polar surface area (TPSA) is 73.5 Å². The third-order valence-corrected chi connectivity index (χ3v) is 3.00. The van der Waals surface area contributed by atoms with Crippen LogP contribution in [0.5, 0.6) is 0 Å². The van der Waals surface area contributed by atoms with Gasteiger partial charge in [-0.2, -0.15) is 19.4 Å². The molecule has 7 nitrogen and oxygen atoms in total. The van der Waals surface area contributed by atoms with E-state index in [0.717, 1.165) is 10.9 Å². The molecule has 8 heteroatoms. The molecule has 0 saturated carbocycles. The molecule has 3 rings (SSSR count). The van der Waals surface area contributed by atoms with Crippen LogP contribution in [0.3, 0.4) is 0 Å². The van der Waals surface area contributed by atoms with Crippen LogP contribution >= 0.6 is 11.8 Å². The van der Waals surface area contributed by atoms with E-state index in [1.165, 1.54) is 0 Å². The van der Waals surface area contributed by atoms with Gasteiger partial charge in [-0.05, 0) is 17.9 Å². The minimum absolute atomic E-state index is 0.578. The summed E-state index contributed by atoms with van der Waals surface area (Å²) in [6, 6.07) is 3.62. The standard InChI is InChI=1S/C10H10N6OS/c1-2-18-10-14-13-9-15(7-12-16(9)10)11-6-8-4-3-5-17-8/h3-7H,2H2,1H3/b11-6-. The Balaban J connectivity index is 1.93. The van der Waals surface area contributed by atoms with Crippen molar-refractivity contribution in [3.05, 3.63) is 30.5 Å². The number of hydrogen-bond acceptors (Lipinski definition) is 6. The van der Waals surface area contributed by atoms with Crippen LogP contribution in [0.2, 0.25) is 0 Å². The third-order valence-electron chi connectivity index (χ3n) is 2.20. The predicted octanol–water partition coefficient (Wildman–Crippen LogP) is 1.51. The molecule has 0 radical (unpaired) electrons. The predicted molar refractivity (Wildman–Crippen MR) is 66.9 cm³/mol. The van der Waals surface area contributed by atoms with E-state index in [2.05, 4.69) is 27.3 Å². The van der Waals surface area contributed by atoms with Crippen molar-refractivity contribution in [2.45, 2.75) is 12.1 Å². The van der Waals surface area contributed by atoms with Crippen LogP contribution in [-0.4, -0.2) is 36.5 Å². The molecule has 18 heavy (non-hydrogen) atoms. The van der Waals surface area contributed by atoms with E-state index in [0.29, 0.717) is 11.5 Å². The number of hydrogen-bond donors (Lipinski definition) is 0. The van der Waals surface area contributed by atoms with Crippen molar-refractivity contribution in [1.29, 1.82) is 0 Å². The minimum Gasteiger partial charge on any atom is -0.463 e. The molecule has 0 fully saturated rings. The SMILES string of the molecule is CCSc1nnc2n(/N=C\c3ccco3)cnn12. The largest absolute Gasteiger partial charge is 0.463 e. The van der Waals surface area contributed by atoms with Crippen LogP contribution < -0.4 is 0 Å². The molecule has 0 aliphatic heterocycles. The van der Waals surface area contributed by atoms with E-state index < -0.39 is 0 Å². The molecule has 0 aliphatic carbocycles. The fourth-order valence-electron chi connectivity index (χ4n) is 1.44. The fraction of sp³-hybridized carbons (Fsp3) is 0.200. The molecule has 0 unspecified atom stereocenters. The number of furan rings is 1. The van der Waals surface area contributed by atoms with Crippen molar-refractivity contribution in [3.63, 3.8) is 0 Å². The maximum atomic E-state index is 5.16. The first-order valence-electron chi connectivity index (χ1n) is 5.38. The molecule has 0 amide bonds. The van der Waals surface area contributed by atoms with E-state index in [4.69, 9.17) is 4.42 Å². The lowest BCUT2D eigenvalue weighted by atomic mass is 10.5. The molecule has 3 aromatic heterocycles. The first-order valence-corrected chi connectivity index (χ1v) is 6.36. The number of thioether (sulfide) groups is 1. The van der Waals surface area contributed by atoms with Crippen molar-refractivity contribution in [2.24, 2.45) is 5.10 Å². The molecule has 3 aromatic rings. The van der Waals surface area contributed by atoms with Crippen molar-refractivity contribution >= 4 is 23.8 Å². The number of fused-ring (bicyclic) bond motifs is 1. The zero-order chi connectivity index (χ0) is 12.4. The number of aromatic nitrogens is 5. The molecule has 3 heterocycles. The lowest BCUT2D eigenvalue weighted by Gasteiger charge is -1.89. The summed E-state index contributed by atoms with van der Waals surface area (Å²) in [6.45, 7) is 2.05. The summed E-state index contributed by atoms with van der Waals surface area (Å²) < 4.78 is 8.37. The molecule has 0 N–H and O–H groups in total. The summed E-state index contributed by atoms with van der Waals surface area (Å²) in [4.78, 5) is 0. The van der Waals surface area contributed by atoms with Crippen LogP contribution in [-0.2, 0) is 0 Å². The van der Waals surface area contributed by atoms with Crippen LogP contribution in [0.25, 0.3) is 5.78 Å². The number of rotatable bonds is 4. The first kappa shape index (κ1) is 11.0. The lowest BCUT2D eigenvalue weighted by Crippen LogP contribution is -1.90. The Morgan fingerprint density at radius 1 is 1.50 bits per heavy atom. The van der Waals surface area contributed by atoms with Crippen molar-refractivity contribution in [3.8, 4) is 0 Å². The van der Waals surface area contributed by atoms with E-state index in [9.17, 15) is 0 Å². The highest BCUT2D eigenvalue weighted by Crippen LogP contribution is 2.15. The zero-order valence-corrected chi connectivity index (χ0v) is 10.4. The third kappa shape index (κ3) is 1.90. The lowest BCUT2D eigenvalue weighted by molar-refractivity contribution is 0.559. The molecule has 0 bridgehead atoms. The van der Waals surface area contributed by atoms with Gasteiger partial charge in [0.15, 0.2) is 0 Å². The molecule has 0 aromatic carbocycles. The van der Waals surface area contributed by atoms with Crippen LogP contribution in [0, 0.1) is 0 Å². The van der Waals surface area contributed by atoms with Crippen LogP contribution in [0.1, 0.15) is 12.7 Å². The Morgan fingerprint density at radius 3 is 3.22 bits per heavy atom. The average molecular weight is 262 g/mol. The summed E-state index contributed by atoms with van der Waals surface area (Å²) in [5.74, 6) is 2.17. The smallest absolute Gasteiger partial charge is 0.275 e. The van der Waals surface area contributed by atoms with Gasteiger partial charge in [0.2, 0.25) is 5.16 Å². The highest BCUT2D eigenvalue weighted by atomic mass is 32.2. The molecule has 0 saturated heterocycles. The Labute approximate surface area is 106 Å². The van der Waals surface area contributed by atoms with Crippen molar-refractivity contribution < 1.29 is 4.42 Å². The van der Waals surface area contributed by atoms with Gasteiger partial charge in [0.25, 0.3) is 5.78 Å². The molecule has 0 spiro atoms. The molecule has 92 valence electrons. The highest BCUT2D eigenvalue weighted by Gasteiger charge is 2.10. The van der Waals surface area contributed by atoms with Crippen molar-refractivity contribution in [1.82, 2.24) is 24.5 Å². The van der Waals surface area contributed by atoms with Gasteiger partial charge in [-0.25, -0.2) is 0 Å². The zero-order valence-electron chi connectivity index (χ0n) is 9.59. The maximum absolute atomic E-state index is 5.16. The Morgan fingerprint density at radius 2 is 2.44 bits per heavy atom. The molecule has 0 atom stereocenters. The first-order chi connectivity index (χ1) is 8.88. The minimum atomic E-state index is 0.578. The van der Waals surface area contributed by atoms with Gasteiger partial charge in [0.1, 0.15) is 12.1 Å². The Kier molecular flexibility index (Phi) is 2.85.